The predicted octanol–water partition coefficient (Wildman–Crippen LogP) is 6.17. The maximum Gasteiger partial charge on any atom is 0.191 e. The van der Waals surface area contributed by atoms with Crippen LogP contribution in [0.2, 0.25) is 0 Å². The van der Waals surface area contributed by atoms with Crippen molar-refractivity contribution in [2.75, 3.05) is 13.2 Å². The number of hydrogen-bond donors (Lipinski definition) is 0. The first-order valence-electron chi connectivity index (χ1n) is 9.45. The van der Waals surface area contributed by atoms with E-state index in [0.717, 1.165) is 32.5 Å². The molecule has 0 atom stereocenters. The average Bonchev–Trinajstić information content (AvgIpc) is 2.55. The highest BCUT2D eigenvalue weighted by Gasteiger charge is 2.28. The van der Waals surface area contributed by atoms with E-state index in [4.69, 9.17) is 9.47 Å². The van der Waals surface area contributed by atoms with Crippen molar-refractivity contribution in [2.45, 2.75) is 90.3 Å². The monoisotopic (exact) mass is 308 g/mol. The van der Waals surface area contributed by atoms with Gasteiger partial charge in [0, 0.05) is 6.42 Å². The fraction of sp³-hybridized carbons (Fsp3) is 0.800. The number of hydrogen-bond acceptors (Lipinski definition) is 2. The lowest BCUT2D eigenvalue weighted by atomic mass is 10.1. The van der Waals surface area contributed by atoms with E-state index in [9.17, 15) is 0 Å². The van der Waals surface area contributed by atoms with Crippen LogP contribution in [0.3, 0.4) is 0 Å². The van der Waals surface area contributed by atoms with Crippen molar-refractivity contribution in [3.63, 3.8) is 0 Å². The summed E-state index contributed by atoms with van der Waals surface area (Å²) in [5, 5.41) is 0. The van der Waals surface area contributed by atoms with Crippen LogP contribution in [0, 0.1) is 0 Å². The van der Waals surface area contributed by atoms with Crippen molar-refractivity contribution >= 4 is 0 Å². The Balaban J connectivity index is 2.20. The smallest absolute Gasteiger partial charge is 0.191 e. The molecule has 0 N–H and O–H groups in total. The maximum absolute atomic E-state index is 6.12. The molecule has 0 unspecified atom stereocenters. The Morgan fingerprint density at radius 3 is 1.73 bits per heavy atom. The Labute approximate surface area is 138 Å². The topological polar surface area (TPSA) is 18.5 Å². The third-order valence-electron chi connectivity index (χ3n) is 4.19. The minimum Gasteiger partial charge on any atom is -0.346 e. The lowest BCUT2D eigenvalue weighted by Gasteiger charge is -2.31. The van der Waals surface area contributed by atoms with Crippen molar-refractivity contribution in [2.24, 2.45) is 0 Å². The van der Waals surface area contributed by atoms with Gasteiger partial charge in [0.1, 0.15) is 0 Å². The lowest BCUT2D eigenvalue weighted by molar-refractivity contribution is -0.203. The van der Waals surface area contributed by atoms with Crippen LogP contribution < -0.4 is 0 Å². The standard InChI is InChI=1S/C20H36O2/c1-3-5-7-9-14-18-21-20(16-12-11-13-17-20)22-19-15-10-8-6-4-2/h11-13,16H,3-10,14-15,17-19H2,1-2H3. The molecule has 1 aliphatic rings. The molecule has 0 aromatic rings. The van der Waals surface area contributed by atoms with Crippen molar-refractivity contribution < 1.29 is 9.47 Å². The summed E-state index contributed by atoms with van der Waals surface area (Å²) < 4.78 is 12.2. The van der Waals surface area contributed by atoms with E-state index in [-0.39, 0.29) is 0 Å². The molecule has 0 heterocycles. The molecule has 0 bridgehead atoms. The van der Waals surface area contributed by atoms with Crippen LogP contribution in [0.1, 0.15) is 84.5 Å². The molecule has 0 aromatic carbocycles. The highest BCUT2D eigenvalue weighted by atomic mass is 16.7. The molecule has 1 rings (SSSR count). The van der Waals surface area contributed by atoms with E-state index in [0.29, 0.717) is 0 Å². The number of allylic oxidation sites excluding steroid dienone is 2. The molecule has 0 radical (unpaired) electrons. The Hall–Kier alpha value is -0.600. The fourth-order valence-electron chi connectivity index (χ4n) is 2.74. The van der Waals surface area contributed by atoms with Gasteiger partial charge in [0.05, 0.1) is 13.2 Å². The van der Waals surface area contributed by atoms with Gasteiger partial charge in [-0.25, -0.2) is 0 Å². The third-order valence-corrected chi connectivity index (χ3v) is 4.19. The van der Waals surface area contributed by atoms with Gasteiger partial charge in [-0.2, -0.15) is 0 Å². The summed E-state index contributed by atoms with van der Waals surface area (Å²) in [6, 6.07) is 0. The Kier molecular flexibility index (Phi) is 11.4. The molecule has 0 amide bonds. The molecule has 0 aromatic heterocycles. The zero-order valence-electron chi connectivity index (χ0n) is 14.8. The molecule has 128 valence electrons. The molecule has 2 nitrogen and oxygen atoms in total. The first-order chi connectivity index (χ1) is 10.8. The normalized spacial score (nSPS) is 16.3. The average molecular weight is 309 g/mol. The second-order valence-corrected chi connectivity index (χ2v) is 6.33. The van der Waals surface area contributed by atoms with E-state index in [1.54, 1.807) is 0 Å². The van der Waals surface area contributed by atoms with E-state index >= 15 is 0 Å². The SMILES string of the molecule is CCCCCCCOC1(OCCCCCCC)C=CC=CC1. The highest BCUT2D eigenvalue weighted by molar-refractivity contribution is 5.15. The van der Waals surface area contributed by atoms with Crippen molar-refractivity contribution in [3.05, 3.63) is 24.3 Å². The van der Waals surface area contributed by atoms with Crippen LogP contribution in [0.4, 0.5) is 0 Å². The molecule has 22 heavy (non-hydrogen) atoms. The van der Waals surface area contributed by atoms with E-state index in [1.165, 1.54) is 51.4 Å². The van der Waals surface area contributed by atoms with Gasteiger partial charge < -0.3 is 9.47 Å². The van der Waals surface area contributed by atoms with Gasteiger partial charge in [0.2, 0.25) is 0 Å². The molecule has 1 aliphatic carbocycles. The second-order valence-electron chi connectivity index (χ2n) is 6.33. The second kappa shape index (κ2) is 12.9. The fourth-order valence-corrected chi connectivity index (χ4v) is 2.74. The molecular weight excluding hydrogens is 272 g/mol. The van der Waals surface area contributed by atoms with Crippen LogP contribution in [-0.4, -0.2) is 19.0 Å². The Bertz CT molecular complexity index is 291. The lowest BCUT2D eigenvalue weighted by Crippen LogP contribution is -2.35. The van der Waals surface area contributed by atoms with Crippen molar-refractivity contribution in [1.29, 1.82) is 0 Å². The number of rotatable bonds is 14. The molecule has 0 fully saturated rings. The summed E-state index contributed by atoms with van der Waals surface area (Å²) in [4.78, 5) is 0. The maximum atomic E-state index is 6.12. The zero-order valence-corrected chi connectivity index (χ0v) is 14.8. The van der Waals surface area contributed by atoms with Gasteiger partial charge in [0.15, 0.2) is 5.79 Å². The quantitative estimate of drug-likeness (QED) is 0.282. The molecule has 2 heteroatoms. The van der Waals surface area contributed by atoms with Gasteiger partial charge in [-0.15, -0.1) is 0 Å². The number of unbranched alkanes of at least 4 members (excludes halogenated alkanes) is 8. The Morgan fingerprint density at radius 1 is 0.727 bits per heavy atom. The van der Waals surface area contributed by atoms with Gasteiger partial charge in [-0.05, 0) is 18.9 Å². The zero-order chi connectivity index (χ0) is 15.9. The van der Waals surface area contributed by atoms with Gasteiger partial charge in [0.25, 0.3) is 0 Å². The van der Waals surface area contributed by atoms with E-state index < -0.39 is 5.79 Å². The molecule has 0 spiro atoms. The number of ether oxygens (including phenoxy) is 2. The largest absolute Gasteiger partial charge is 0.346 e. The summed E-state index contributed by atoms with van der Waals surface area (Å²) in [7, 11) is 0. The summed E-state index contributed by atoms with van der Waals surface area (Å²) in [6.07, 6.45) is 21.9. The summed E-state index contributed by atoms with van der Waals surface area (Å²) in [5.74, 6) is -0.496. The van der Waals surface area contributed by atoms with E-state index in [1.807, 2.05) is 0 Å². The Morgan fingerprint density at radius 2 is 1.27 bits per heavy atom. The first kappa shape index (κ1) is 19.4. The molecular formula is C20H36O2. The van der Waals surface area contributed by atoms with Crippen LogP contribution in [0.5, 0.6) is 0 Å². The molecule has 0 aliphatic heterocycles. The van der Waals surface area contributed by atoms with Crippen molar-refractivity contribution in [3.8, 4) is 0 Å². The van der Waals surface area contributed by atoms with Crippen molar-refractivity contribution in [1.82, 2.24) is 0 Å². The van der Waals surface area contributed by atoms with E-state index in [2.05, 4.69) is 38.2 Å². The molecule has 0 saturated carbocycles. The minimum atomic E-state index is -0.496. The summed E-state index contributed by atoms with van der Waals surface area (Å²) >= 11 is 0. The van der Waals surface area contributed by atoms with Crippen LogP contribution in [0.25, 0.3) is 0 Å². The van der Waals surface area contributed by atoms with Gasteiger partial charge >= 0.3 is 0 Å². The minimum absolute atomic E-state index is 0.496. The van der Waals surface area contributed by atoms with Crippen LogP contribution in [-0.2, 0) is 9.47 Å². The van der Waals surface area contributed by atoms with Crippen LogP contribution >= 0.6 is 0 Å². The van der Waals surface area contributed by atoms with Gasteiger partial charge in [-0.1, -0.05) is 83.4 Å². The van der Waals surface area contributed by atoms with Gasteiger partial charge in [-0.3, -0.25) is 0 Å². The third kappa shape index (κ3) is 8.75. The predicted molar refractivity (Wildman–Crippen MR) is 95.1 cm³/mol. The first-order valence-corrected chi connectivity index (χ1v) is 9.45. The molecule has 0 saturated heterocycles. The highest BCUT2D eigenvalue weighted by Crippen LogP contribution is 2.25. The summed E-state index contributed by atoms with van der Waals surface area (Å²) in [5.41, 5.74) is 0. The van der Waals surface area contributed by atoms with Crippen LogP contribution in [0.15, 0.2) is 24.3 Å². The summed E-state index contributed by atoms with van der Waals surface area (Å²) in [6.45, 7) is 6.10.